The molecular weight excluding hydrogens is 258 g/mol. The minimum absolute atomic E-state index is 0.282. The van der Waals surface area contributed by atoms with Crippen LogP contribution < -0.4 is 16.6 Å². The molecule has 1 unspecified atom stereocenters. The van der Waals surface area contributed by atoms with Crippen LogP contribution in [0.2, 0.25) is 0 Å². The Balaban J connectivity index is 2.22. The number of rotatable bonds is 6. The molecule has 0 aliphatic carbocycles. The number of hydrogen-bond acceptors (Lipinski definition) is 6. The predicted octanol–water partition coefficient (Wildman–Crippen LogP) is 3.09. The molecular formula is C13H19N5S. The van der Waals surface area contributed by atoms with Gasteiger partial charge in [0.05, 0.1) is 6.04 Å². The van der Waals surface area contributed by atoms with Crippen LogP contribution in [0.3, 0.4) is 0 Å². The van der Waals surface area contributed by atoms with Gasteiger partial charge in [-0.1, -0.05) is 19.4 Å². The van der Waals surface area contributed by atoms with Gasteiger partial charge in [-0.15, -0.1) is 11.3 Å². The Labute approximate surface area is 117 Å². The lowest BCUT2D eigenvalue weighted by Gasteiger charge is -2.19. The van der Waals surface area contributed by atoms with E-state index in [4.69, 9.17) is 5.84 Å². The first-order valence-corrected chi connectivity index (χ1v) is 7.22. The van der Waals surface area contributed by atoms with E-state index in [1.54, 1.807) is 11.3 Å². The van der Waals surface area contributed by atoms with Crippen molar-refractivity contribution in [2.24, 2.45) is 5.84 Å². The first kappa shape index (κ1) is 13.8. The van der Waals surface area contributed by atoms with Crippen LogP contribution in [0.1, 0.15) is 36.2 Å². The predicted molar refractivity (Wildman–Crippen MR) is 80.2 cm³/mol. The molecule has 0 spiro atoms. The summed E-state index contributed by atoms with van der Waals surface area (Å²) in [7, 11) is 0. The maximum Gasteiger partial charge on any atom is 0.148 e. The molecule has 2 aromatic rings. The molecule has 5 nitrogen and oxygen atoms in total. The van der Waals surface area contributed by atoms with Crippen molar-refractivity contribution in [3.63, 3.8) is 0 Å². The van der Waals surface area contributed by atoms with Gasteiger partial charge in [0.25, 0.3) is 0 Å². The molecule has 2 rings (SSSR count). The van der Waals surface area contributed by atoms with Crippen molar-refractivity contribution in [1.82, 2.24) is 9.97 Å². The molecule has 0 saturated carbocycles. The van der Waals surface area contributed by atoms with Crippen LogP contribution in [0.5, 0.6) is 0 Å². The molecule has 0 aromatic carbocycles. The van der Waals surface area contributed by atoms with Crippen molar-refractivity contribution in [2.45, 2.75) is 32.7 Å². The van der Waals surface area contributed by atoms with Gasteiger partial charge in [0.1, 0.15) is 18.0 Å². The second kappa shape index (κ2) is 6.49. The molecule has 0 amide bonds. The number of nitrogens with two attached hydrogens (primary N) is 1. The maximum absolute atomic E-state index is 5.44. The Hall–Kier alpha value is -1.66. The zero-order chi connectivity index (χ0) is 13.7. The highest BCUT2D eigenvalue weighted by atomic mass is 32.1. The molecule has 0 fully saturated rings. The Bertz CT molecular complexity index is 512. The van der Waals surface area contributed by atoms with Crippen LogP contribution in [0, 0.1) is 6.92 Å². The summed E-state index contributed by atoms with van der Waals surface area (Å²) in [5.74, 6) is 6.92. The topological polar surface area (TPSA) is 75.9 Å². The minimum atomic E-state index is 0.282. The third kappa shape index (κ3) is 3.21. The van der Waals surface area contributed by atoms with E-state index in [1.807, 2.05) is 6.92 Å². The van der Waals surface area contributed by atoms with Gasteiger partial charge in [-0.25, -0.2) is 15.8 Å². The summed E-state index contributed by atoms with van der Waals surface area (Å²) in [4.78, 5) is 9.72. The maximum atomic E-state index is 5.44. The molecule has 0 bridgehead atoms. The normalized spacial score (nSPS) is 12.2. The fourth-order valence-electron chi connectivity index (χ4n) is 1.97. The fourth-order valence-corrected chi connectivity index (χ4v) is 2.78. The van der Waals surface area contributed by atoms with Crippen LogP contribution in [-0.4, -0.2) is 9.97 Å². The van der Waals surface area contributed by atoms with Crippen molar-refractivity contribution >= 4 is 23.0 Å². The van der Waals surface area contributed by atoms with Gasteiger partial charge in [-0.2, -0.15) is 0 Å². The van der Waals surface area contributed by atoms with E-state index in [-0.39, 0.29) is 6.04 Å². The number of nitrogens with one attached hydrogen (secondary N) is 2. The standard InChI is InChI=1S/C13H19N5S/c1-3-5-10(11-6-4-7-19-11)17-12-9(2)13(18-14)16-8-15-12/h4,6-8,10H,3,5,14H2,1-2H3,(H2,15,16,17,18). The van der Waals surface area contributed by atoms with Crippen molar-refractivity contribution in [2.75, 3.05) is 10.7 Å². The number of nitrogen functional groups attached to an aromatic ring is 1. The van der Waals surface area contributed by atoms with Crippen molar-refractivity contribution in [1.29, 1.82) is 0 Å². The van der Waals surface area contributed by atoms with Gasteiger partial charge in [0.2, 0.25) is 0 Å². The van der Waals surface area contributed by atoms with Gasteiger partial charge >= 0.3 is 0 Å². The van der Waals surface area contributed by atoms with Gasteiger partial charge in [-0.05, 0) is 24.8 Å². The van der Waals surface area contributed by atoms with Crippen LogP contribution in [0.15, 0.2) is 23.8 Å². The van der Waals surface area contributed by atoms with Gasteiger partial charge < -0.3 is 10.7 Å². The molecule has 6 heteroatoms. The van der Waals surface area contributed by atoms with E-state index in [1.165, 1.54) is 11.2 Å². The highest BCUT2D eigenvalue weighted by molar-refractivity contribution is 7.10. The van der Waals surface area contributed by atoms with Crippen molar-refractivity contribution in [3.05, 3.63) is 34.3 Å². The average molecular weight is 277 g/mol. The average Bonchev–Trinajstić information content (AvgIpc) is 2.94. The molecule has 1 atom stereocenters. The molecule has 19 heavy (non-hydrogen) atoms. The summed E-state index contributed by atoms with van der Waals surface area (Å²) in [5.41, 5.74) is 3.52. The number of anilines is 2. The molecule has 2 aromatic heterocycles. The molecule has 2 heterocycles. The summed E-state index contributed by atoms with van der Waals surface area (Å²) in [6.07, 6.45) is 3.69. The van der Waals surface area contributed by atoms with Crippen LogP contribution in [0.25, 0.3) is 0 Å². The molecule has 0 radical (unpaired) electrons. The summed E-state index contributed by atoms with van der Waals surface area (Å²) in [5, 5.41) is 5.59. The Kier molecular flexibility index (Phi) is 4.70. The third-order valence-electron chi connectivity index (χ3n) is 3.00. The molecule has 0 saturated heterocycles. The highest BCUT2D eigenvalue weighted by Gasteiger charge is 2.14. The molecule has 0 aliphatic heterocycles. The second-order valence-electron chi connectivity index (χ2n) is 4.34. The van der Waals surface area contributed by atoms with Crippen LogP contribution in [0.4, 0.5) is 11.6 Å². The fraction of sp³-hybridized carbons (Fsp3) is 0.385. The Morgan fingerprint density at radius 3 is 2.79 bits per heavy atom. The number of thiophene rings is 1. The lowest BCUT2D eigenvalue weighted by atomic mass is 10.1. The lowest BCUT2D eigenvalue weighted by molar-refractivity contribution is 0.683. The minimum Gasteiger partial charge on any atom is -0.362 e. The van der Waals surface area contributed by atoms with E-state index >= 15 is 0 Å². The number of hydrazine groups is 1. The second-order valence-corrected chi connectivity index (χ2v) is 5.32. The first-order valence-electron chi connectivity index (χ1n) is 6.34. The van der Waals surface area contributed by atoms with E-state index in [0.717, 1.165) is 24.2 Å². The van der Waals surface area contributed by atoms with E-state index in [2.05, 4.69) is 45.1 Å². The van der Waals surface area contributed by atoms with E-state index < -0.39 is 0 Å². The van der Waals surface area contributed by atoms with E-state index in [0.29, 0.717) is 5.82 Å². The zero-order valence-electron chi connectivity index (χ0n) is 11.2. The smallest absolute Gasteiger partial charge is 0.148 e. The Morgan fingerprint density at radius 2 is 2.16 bits per heavy atom. The number of nitrogens with zero attached hydrogens (tertiary/aromatic N) is 2. The molecule has 102 valence electrons. The monoisotopic (exact) mass is 277 g/mol. The zero-order valence-corrected chi connectivity index (χ0v) is 12.0. The summed E-state index contributed by atoms with van der Waals surface area (Å²) < 4.78 is 0. The van der Waals surface area contributed by atoms with Crippen LogP contribution in [-0.2, 0) is 0 Å². The van der Waals surface area contributed by atoms with E-state index in [9.17, 15) is 0 Å². The summed E-state index contributed by atoms with van der Waals surface area (Å²) in [6, 6.07) is 4.50. The van der Waals surface area contributed by atoms with Crippen LogP contribution >= 0.6 is 11.3 Å². The lowest BCUT2D eigenvalue weighted by Crippen LogP contribution is -2.15. The quantitative estimate of drug-likeness (QED) is 0.559. The largest absolute Gasteiger partial charge is 0.362 e. The molecule has 0 aliphatic rings. The summed E-state index contributed by atoms with van der Waals surface area (Å²) in [6.45, 7) is 4.14. The Morgan fingerprint density at radius 1 is 1.37 bits per heavy atom. The van der Waals surface area contributed by atoms with Crippen molar-refractivity contribution < 1.29 is 0 Å². The first-order chi connectivity index (χ1) is 9.26. The summed E-state index contributed by atoms with van der Waals surface area (Å²) >= 11 is 1.76. The van der Waals surface area contributed by atoms with Gasteiger partial charge in [-0.3, -0.25) is 0 Å². The van der Waals surface area contributed by atoms with Gasteiger partial charge in [0.15, 0.2) is 0 Å². The molecule has 4 N–H and O–H groups in total. The number of aromatic nitrogens is 2. The third-order valence-corrected chi connectivity index (χ3v) is 3.98. The SMILES string of the molecule is CCCC(Nc1ncnc(NN)c1C)c1cccs1. The van der Waals surface area contributed by atoms with Crippen molar-refractivity contribution in [3.8, 4) is 0 Å². The van der Waals surface area contributed by atoms with Gasteiger partial charge in [0, 0.05) is 10.4 Å². The number of hydrogen-bond donors (Lipinski definition) is 3. The highest BCUT2D eigenvalue weighted by Crippen LogP contribution is 2.28.